The Morgan fingerprint density at radius 2 is 1.28 bits per heavy atom. The Morgan fingerprint density at radius 1 is 0.759 bits per heavy atom. The van der Waals surface area contributed by atoms with Gasteiger partial charge in [0, 0.05) is 81.9 Å². The minimum atomic E-state index is -3.63. The van der Waals surface area contributed by atoms with Crippen LogP contribution in [-0.2, 0) is 29.2 Å². The van der Waals surface area contributed by atoms with Gasteiger partial charge in [-0.2, -0.15) is 0 Å². The van der Waals surface area contributed by atoms with Gasteiger partial charge >= 0.3 is 5.97 Å². The summed E-state index contributed by atoms with van der Waals surface area (Å²) in [6.07, 6.45) is 1.92. The number of esters is 1. The average Bonchev–Trinajstić information content (AvgIpc) is 3.22. The van der Waals surface area contributed by atoms with Crippen molar-refractivity contribution in [3.63, 3.8) is 0 Å². The van der Waals surface area contributed by atoms with Crippen molar-refractivity contribution in [1.82, 2.24) is 15.1 Å². The second kappa shape index (κ2) is 19.8. The lowest BCUT2D eigenvalue weighted by Gasteiger charge is -2.38. The number of hydrogen-bond donors (Lipinski definition) is 2. The van der Waals surface area contributed by atoms with E-state index in [1.54, 1.807) is 78.9 Å². The van der Waals surface area contributed by atoms with Crippen LogP contribution in [0.4, 0.5) is 0 Å². The minimum absolute atomic E-state index is 0. The summed E-state index contributed by atoms with van der Waals surface area (Å²) >= 11 is 0. The summed E-state index contributed by atoms with van der Waals surface area (Å²) in [4.78, 5) is 17.9. The third-order valence-electron chi connectivity index (χ3n) is 10.2. The number of nitrogens with one attached hydrogen (secondary N) is 1. The normalized spacial score (nSPS) is 18.2. The lowest BCUT2D eigenvalue weighted by Crippen LogP contribution is -2.46. The molecule has 58 heavy (non-hydrogen) atoms. The summed E-state index contributed by atoms with van der Waals surface area (Å²) in [5.41, 5.74) is 7.32. The smallest absolute Gasteiger partial charge is 0.307 e. The van der Waals surface area contributed by atoms with E-state index in [1.807, 2.05) is 39.0 Å². The van der Waals surface area contributed by atoms with Crippen molar-refractivity contribution in [2.75, 3.05) is 59.0 Å². The highest BCUT2D eigenvalue weighted by Crippen LogP contribution is 2.40. The van der Waals surface area contributed by atoms with Gasteiger partial charge in [-0.15, -0.1) is 12.4 Å². The maximum absolute atomic E-state index is 13.0. The van der Waals surface area contributed by atoms with E-state index in [1.165, 1.54) is 0 Å². The van der Waals surface area contributed by atoms with Crippen LogP contribution in [0.3, 0.4) is 0 Å². The van der Waals surface area contributed by atoms with Gasteiger partial charge in [0.1, 0.15) is 17.1 Å². The van der Waals surface area contributed by atoms with Crippen LogP contribution < -0.4 is 20.5 Å². The summed E-state index contributed by atoms with van der Waals surface area (Å²) < 4.78 is 68.7. The molecule has 0 aromatic heterocycles. The molecule has 4 aromatic carbocycles. The molecule has 3 aliphatic heterocycles. The molecule has 0 saturated carbocycles. The highest BCUT2D eigenvalue weighted by atomic mass is 35.5. The van der Waals surface area contributed by atoms with Gasteiger partial charge in [0.2, 0.25) is 19.7 Å². The number of rotatable bonds is 11. The molecule has 314 valence electrons. The van der Waals surface area contributed by atoms with E-state index in [-0.39, 0.29) is 40.6 Å². The van der Waals surface area contributed by atoms with Gasteiger partial charge in [-0.05, 0) is 69.3 Å². The van der Waals surface area contributed by atoms with E-state index in [2.05, 4.69) is 15.1 Å². The van der Waals surface area contributed by atoms with Crippen LogP contribution in [0.25, 0.3) is 0 Å². The fourth-order valence-corrected chi connectivity index (χ4v) is 10.1. The molecule has 0 amide bonds. The van der Waals surface area contributed by atoms with Crippen molar-refractivity contribution in [3.8, 4) is 11.5 Å². The zero-order valence-corrected chi connectivity index (χ0v) is 35.8. The highest BCUT2D eigenvalue weighted by Gasteiger charge is 2.31. The molecule has 4 aromatic rings. The van der Waals surface area contributed by atoms with Crippen LogP contribution in [0.15, 0.2) is 117 Å². The Hall–Kier alpha value is -4.02. The van der Waals surface area contributed by atoms with Crippen LogP contribution in [0.5, 0.6) is 11.5 Å². The van der Waals surface area contributed by atoms with Gasteiger partial charge < -0.3 is 25.3 Å². The predicted molar refractivity (Wildman–Crippen MR) is 225 cm³/mol. The van der Waals surface area contributed by atoms with Crippen LogP contribution in [0.1, 0.15) is 63.2 Å². The van der Waals surface area contributed by atoms with E-state index in [0.717, 1.165) is 50.1 Å². The summed E-state index contributed by atoms with van der Waals surface area (Å²) in [5, 5.41) is 3.37. The van der Waals surface area contributed by atoms with Gasteiger partial charge in [0.25, 0.3) is 0 Å². The van der Waals surface area contributed by atoms with Gasteiger partial charge in [0.15, 0.2) is 0 Å². The fraction of sp³-hybridized carbons (Fsp3) is 0.419. The van der Waals surface area contributed by atoms with Crippen LogP contribution in [0.2, 0.25) is 0 Å². The molecule has 0 bridgehead atoms. The summed E-state index contributed by atoms with van der Waals surface area (Å²) in [6, 6.07) is 27.5. The number of carbonyl (C=O) groups excluding carboxylic acids is 1. The molecule has 0 spiro atoms. The first-order valence-corrected chi connectivity index (χ1v) is 22.5. The van der Waals surface area contributed by atoms with E-state index in [9.17, 15) is 21.6 Å². The number of carbonyl (C=O) groups is 1. The second-order valence-electron chi connectivity index (χ2n) is 15.3. The topological polar surface area (TPSA) is 158 Å². The van der Waals surface area contributed by atoms with E-state index in [0.29, 0.717) is 60.2 Å². The first-order chi connectivity index (χ1) is 27.3. The number of sulfone groups is 2. The largest absolute Gasteiger partial charge is 0.493 e. The van der Waals surface area contributed by atoms with Crippen molar-refractivity contribution < 1.29 is 35.8 Å². The summed E-state index contributed by atoms with van der Waals surface area (Å²) in [7, 11) is -7.15. The summed E-state index contributed by atoms with van der Waals surface area (Å²) in [6.45, 7) is 12.2. The van der Waals surface area contributed by atoms with Gasteiger partial charge in [-0.1, -0.05) is 48.5 Å². The van der Waals surface area contributed by atoms with Crippen molar-refractivity contribution in [2.45, 2.75) is 77.3 Å². The molecule has 15 heteroatoms. The lowest BCUT2D eigenvalue weighted by atomic mass is 9.98. The van der Waals surface area contributed by atoms with E-state index < -0.39 is 25.3 Å². The molecule has 0 aliphatic carbocycles. The van der Waals surface area contributed by atoms with E-state index in [4.69, 9.17) is 19.9 Å². The quantitative estimate of drug-likeness (QED) is 0.170. The summed E-state index contributed by atoms with van der Waals surface area (Å²) in [5.74, 6) is 1.00. The van der Waals surface area contributed by atoms with Crippen LogP contribution >= 0.6 is 12.4 Å². The van der Waals surface area contributed by atoms with Crippen molar-refractivity contribution in [2.24, 2.45) is 5.73 Å². The molecular formula is C43H55ClN4O8S2. The molecular weight excluding hydrogens is 800 g/mol. The highest BCUT2D eigenvalue weighted by molar-refractivity contribution is 7.91. The first kappa shape index (κ1) is 45.1. The van der Waals surface area contributed by atoms with Crippen LogP contribution in [0, 0.1) is 0 Å². The van der Waals surface area contributed by atoms with Crippen LogP contribution in [-0.4, -0.2) is 97.2 Å². The molecule has 3 heterocycles. The zero-order chi connectivity index (χ0) is 40.6. The first-order valence-electron chi connectivity index (χ1n) is 19.5. The molecule has 7 rings (SSSR count). The number of hydrogen-bond acceptors (Lipinski definition) is 12. The molecule has 3 aliphatic rings. The Balaban J connectivity index is 0.000000223. The molecule has 2 unspecified atom stereocenters. The maximum Gasteiger partial charge on any atom is 0.307 e. The standard InChI is InChI=1S/C24H32N2O5S.C19H22N2O3S.ClH/c1-24(2,3)31-23(27)11-14-26(15-13-25)21-12-16-30-22-17-19(9-10-20(21)22)32(28,29)18-7-5-4-6-8-18;22-25(23,15-4-2-1-3-5-15)16-6-7-17-18(8-13-24-19(17)14-16)21-11-9-20-10-12-21;/h4-10,17,21H,11-16,25H2,1-3H3;1-7,14,18,20H,8-13H2;1H. The zero-order valence-electron chi connectivity index (χ0n) is 33.3. The fourth-order valence-electron chi connectivity index (χ4n) is 7.48. The second-order valence-corrected chi connectivity index (χ2v) is 19.2. The third-order valence-corrected chi connectivity index (χ3v) is 13.7. The number of benzene rings is 4. The lowest BCUT2D eigenvalue weighted by molar-refractivity contribution is -0.155. The number of piperazine rings is 1. The molecule has 0 radical (unpaired) electrons. The third kappa shape index (κ3) is 11.0. The molecule has 12 nitrogen and oxygen atoms in total. The number of ether oxygens (including phenoxy) is 3. The van der Waals surface area contributed by atoms with Crippen molar-refractivity contribution in [1.29, 1.82) is 0 Å². The minimum Gasteiger partial charge on any atom is -0.493 e. The number of nitrogens with two attached hydrogens (primary N) is 1. The average molecular weight is 856 g/mol. The number of nitrogens with zero attached hydrogens (tertiary/aromatic N) is 2. The van der Waals surface area contributed by atoms with Crippen molar-refractivity contribution in [3.05, 3.63) is 108 Å². The monoisotopic (exact) mass is 854 g/mol. The Labute approximate surface area is 349 Å². The van der Waals surface area contributed by atoms with Gasteiger partial charge in [-0.3, -0.25) is 14.6 Å². The Kier molecular flexibility index (Phi) is 15.4. The number of halogens is 1. The Bertz CT molecular complexity index is 2200. The molecule has 1 saturated heterocycles. The van der Waals surface area contributed by atoms with Gasteiger partial charge in [-0.25, -0.2) is 16.8 Å². The van der Waals surface area contributed by atoms with Gasteiger partial charge in [0.05, 0.1) is 39.2 Å². The number of fused-ring (bicyclic) bond motifs is 2. The maximum atomic E-state index is 13.0. The molecule has 3 N–H and O–H groups in total. The molecule has 1 fully saturated rings. The SMILES string of the molecule is CC(C)(C)OC(=O)CCN(CCN)C1CCOc2cc(S(=O)(=O)c3ccccc3)ccc21.Cl.O=S(=O)(c1ccccc1)c1ccc2c(c1)OCCC2N1CCNCC1. The molecule has 2 atom stereocenters. The predicted octanol–water partition coefficient (Wildman–Crippen LogP) is 6.01. The van der Waals surface area contributed by atoms with E-state index >= 15 is 0 Å². The Morgan fingerprint density at radius 3 is 1.81 bits per heavy atom. The van der Waals surface area contributed by atoms with Crippen molar-refractivity contribution >= 4 is 38.1 Å².